The van der Waals surface area contributed by atoms with Gasteiger partial charge in [0, 0.05) is 0 Å². The Morgan fingerprint density at radius 1 is 1.28 bits per heavy atom. The van der Waals surface area contributed by atoms with Gasteiger partial charge in [-0.05, 0) is 0 Å². The number of aliphatic hydroxyl groups is 3. The van der Waals surface area contributed by atoms with Crippen LogP contribution in [-0.4, -0.2) is 54.8 Å². The van der Waals surface area contributed by atoms with Crippen LogP contribution in [0.1, 0.15) is 6.23 Å². The summed E-state index contributed by atoms with van der Waals surface area (Å²) in [6.45, 7) is -0.515. The maximum absolute atomic E-state index is 11.6. The van der Waals surface area contributed by atoms with Crippen molar-refractivity contribution in [3.05, 3.63) is 10.5 Å². The normalized spacial score (nSPS) is 31.7. The van der Waals surface area contributed by atoms with Crippen LogP contribution in [0.15, 0.2) is 4.79 Å². The lowest BCUT2D eigenvalue weighted by Crippen LogP contribution is -2.37. The van der Waals surface area contributed by atoms with Crippen molar-refractivity contribution >= 4 is 11.9 Å². The molecule has 18 heavy (non-hydrogen) atoms. The largest absolute Gasteiger partial charge is 0.394 e. The summed E-state index contributed by atoms with van der Waals surface area (Å²) < 4.78 is 5.90. The van der Waals surface area contributed by atoms with Crippen LogP contribution in [0.5, 0.6) is 0 Å². The fraction of sp³-hybridized carbons (Fsp3) is 0.625. The van der Waals surface area contributed by atoms with Crippen molar-refractivity contribution in [2.45, 2.75) is 24.5 Å². The fourth-order valence-electron chi connectivity index (χ4n) is 1.78. The number of nitrogen functional groups attached to an aromatic ring is 2. The van der Waals surface area contributed by atoms with Crippen LogP contribution >= 0.6 is 0 Å². The Labute approximate surface area is 100 Å². The van der Waals surface area contributed by atoms with Crippen molar-refractivity contribution in [2.75, 3.05) is 18.1 Å². The van der Waals surface area contributed by atoms with E-state index in [0.717, 1.165) is 4.57 Å². The lowest BCUT2D eigenvalue weighted by atomic mass is 10.1. The summed E-state index contributed by atoms with van der Waals surface area (Å²) in [5.74, 6) is -0.608. The van der Waals surface area contributed by atoms with Gasteiger partial charge in [-0.2, -0.15) is 9.97 Å². The van der Waals surface area contributed by atoms with Gasteiger partial charge in [0.15, 0.2) is 6.23 Å². The van der Waals surface area contributed by atoms with E-state index in [0.29, 0.717) is 0 Å². The van der Waals surface area contributed by atoms with Crippen LogP contribution in [0.2, 0.25) is 0 Å². The van der Waals surface area contributed by atoms with Gasteiger partial charge < -0.3 is 31.5 Å². The van der Waals surface area contributed by atoms with Crippen LogP contribution in [0.3, 0.4) is 0 Å². The standard InChI is InChI=1S/C8H13N5O5/c9-6-11-7(10)13(8(17)12-6)5-4(16)3(15)2(1-14)18-5/h2-5,14-16H,1H2,(H4,9,10,11,12,17)/t2-,3?,4+,5-/m1/s1. The first kappa shape index (κ1) is 12.7. The van der Waals surface area contributed by atoms with E-state index in [1.54, 1.807) is 0 Å². The van der Waals surface area contributed by atoms with Crippen LogP contribution < -0.4 is 17.2 Å². The average Bonchev–Trinajstić information content (AvgIpc) is 2.56. The number of hydrogen-bond acceptors (Lipinski definition) is 9. The number of anilines is 2. The first-order valence-corrected chi connectivity index (χ1v) is 5.09. The lowest BCUT2D eigenvalue weighted by Gasteiger charge is -2.18. The van der Waals surface area contributed by atoms with E-state index >= 15 is 0 Å². The zero-order chi connectivity index (χ0) is 13.4. The molecule has 0 radical (unpaired) electrons. The van der Waals surface area contributed by atoms with Crippen LogP contribution in [-0.2, 0) is 4.74 Å². The van der Waals surface area contributed by atoms with E-state index in [-0.39, 0.29) is 11.9 Å². The molecule has 0 aromatic carbocycles. The van der Waals surface area contributed by atoms with Gasteiger partial charge in [0.2, 0.25) is 11.9 Å². The molecule has 0 bridgehead atoms. The van der Waals surface area contributed by atoms with Crippen LogP contribution in [0.25, 0.3) is 0 Å². The van der Waals surface area contributed by atoms with Crippen LogP contribution in [0, 0.1) is 0 Å². The molecule has 1 aromatic heterocycles. The van der Waals surface area contributed by atoms with E-state index in [1.807, 2.05) is 0 Å². The van der Waals surface area contributed by atoms with Gasteiger partial charge in [0.1, 0.15) is 18.3 Å². The number of rotatable bonds is 2. The Balaban J connectivity index is 2.42. The highest BCUT2D eigenvalue weighted by molar-refractivity contribution is 5.26. The predicted octanol–water partition coefficient (Wildman–Crippen LogP) is -3.59. The number of ether oxygens (including phenoxy) is 1. The topological polar surface area (TPSA) is 170 Å². The van der Waals surface area contributed by atoms with Crippen LogP contribution in [0.4, 0.5) is 11.9 Å². The third kappa shape index (κ3) is 1.90. The van der Waals surface area contributed by atoms with Crippen molar-refractivity contribution in [2.24, 2.45) is 0 Å². The monoisotopic (exact) mass is 259 g/mol. The Bertz CT molecular complexity index is 505. The molecule has 1 fully saturated rings. The molecule has 0 saturated carbocycles. The minimum atomic E-state index is -1.44. The summed E-state index contributed by atoms with van der Waals surface area (Å²) in [6, 6.07) is 0. The fourth-order valence-corrected chi connectivity index (χ4v) is 1.78. The number of nitrogens with two attached hydrogens (primary N) is 2. The van der Waals surface area contributed by atoms with Gasteiger partial charge in [-0.15, -0.1) is 0 Å². The highest BCUT2D eigenvalue weighted by Crippen LogP contribution is 2.29. The summed E-state index contributed by atoms with van der Waals surface area (Å²) in [5.41, 5.74) is 9.86. The first-order valence-electron chi connectivity index (χ1n) is 5.09. The molecule has 0 spiro atoms. The average molecular weight is 259 g/mol. The smallest absolute Gasteiger partial charge is 0.355 e. The van der Waals surface area contributed by atoms with E-state index in [1.165, 1.54) is 0 Å². The highest BCUT2D eigenvalue weighted by Gasteiger charge is 2.44. The number of aliphatic hydroxyl groups excluding tert-OH is 3. The predicted molar refractivity (Wildman–Crippen MR) is 58.1 cm³/mol. The van der Waals surface area contributed by atoms with Crippen molar-refractivity contribution in [1.82, 2.24) is 14.5 Å². The molecule has 10 heteroatoms. The first-order chi connectivity index (χ1) is 8.45. The molecular weight excluding hydrogens is 246 g/mol. The third-order valence-electron chi connectivity index (χ3n) is 2.66. The molecule has 100 valence electrons. The summed E-state index contributed by atoms with van der Waals surface area (Å²) in [6.07, 6.45) is -5.07. The van der Waals surface area contributed by atoms with Crippen molar-refractivity contribution in [1.29, 1.82) is 0 Å². The minimum absolute atomic E-state index is 0.303. The van der Waals surface area contributed by atoms with Crippen molar-refractivity contribution in [3.63, 3.8) is 0 Å². The molecule has 7 N–H and O–H groups in total. The second-order valence-corrected chi connectivity index (χ2v) is 3.82. The Hall–Kier alpha value is -1.75. The van der Waals surface area contributed by atoms with E-state index < -0.39 is 36.8 Å². The van der Waals surface area contributed by atoms with Gasteiger partial charge in [-0.1, -0.05) is 0 Å². The second kappa shape index (κ2) is 4.49. The van der Waals surface area contributed by atoms with Gasteiger partial charge in [-0.25, -0.2) is 9.36 Å². The number of hydrogen-bond donors (Lipinski definition) is 5. The number of nitrogens with zero attached hydrogens (tertiary/aromatic N) is 3. The summed E-state index contributed by atoms with van der Waals surface area (Å²) >= 11 is 0. The molecule has 2 heterocycles. The molecule has 1 saturated heterocycles. The molecule has 1 unspecified atom stereocenters. The second-order valence-electron chi connectivity index (χ2n) is 3.82. The molecular formula is C8H13N5O5. The third-order valence-corrected chi connectivity index (χ3v) is 2.66. The summed E-state index contributed by atoms with van der Waals surface area (Å²) in [7, 11) is 0. The van der Waals surface area contributed by atoms with Gasteiger partial charge in [-0.3, -0.25) is 0 Å². The molecule has 2 rings (SSSR count). The SMILES string of the molecule is Nc1nc(N)n([C@@H]2O[C@H](CO)C(O)[C@@H]2O)c(=O)n1. The molecule has 1 aromatic rings. The van der Waals surface area contributed by atoms with E-state index in [9.17, 15) is 15.0 Å². The molecule has 0 aliphatic carbocycles. The maximum Gasteiger partial charge on any atom is 0.355 e. The minimum Gasteiger partial charge on any atom is -0.394 e. The van der Waals surface area contributed by atoms with E-state index in [4.69, 9.17) is 21.3 Å². The lowest BCUT2D eigenvalue weighted by molar-refractivity contribution is -0.0542. The zero-order valence-electron chi connectivity index (χ0n) is 9.17. The molecule has 4 atom stereocenters. The van der Waals surface area contributed by atoms with Gasteiger partial charge in [0.05, 0.1) is 6.61 Å². The Morgan fingerprint density at radius 2 is 1.94 bits per heavy atom. The molecule has 0 amide bonds. The van der Waals surface area contributed by atoms with Gasteiger partial charge >= 0.3 is 5.69 Å². The Morgan fingerprint density at radius 3 is 2.44 bits per heavy atom. The van der Waals surface area contributed by atoms with Crippen molar-refractivity contribution in [3.8, 4) is 0 Å². The highest BCUT2D eigenvalue weighted by atomic mass is 16.6. The quantitative estimate of drug-likeness (QED) is 0.360. The molecule has 1 aliphatic rings. The number of aromatic nitrogens is 3. The molecule has 10 nitrogen and oxygen atoms in total. The van der Waals surface area contributed by atoms with Gasteiger partial charge in [0.25, 0.3) is 0 Å². The summed E-state index contributed by atoms with van der Waals surface area (Å²) in [4.78, 5) is 18.5. The summed E-state index contributed by atoms with van der Waals surface area (Å²) in [5, 5.41) is 28.2. The zero-order valence-corrected chi connectivity index (χ0v) is 9.17. The maximum atomic E-state index is 11.6. The van der Waals surface area contributed by atoms with Crippen molar-refractivity contribution < 1.29 is 20.1 Å². The molecule has 1 aliphatic heterocycles. The van der Waals surface area contributed by atoms with E-state index in [2.05, 4.69) is 9.97 Å². The Kier molecular flexibility index (Phi) is 3.17.